The predicted molar refractivity (Wildman–Crippen MR) is 82.7 cm³/mol. The van der Waals surface area contributed by atoms with Crippen molar-refractivity contribution in [2.45, 2.75) is 12.6 Å². The minimum absolute atomic E-state index is 0.118. The van der Waals surface area contributed by atoms with Gasteiger partial charge in [-0.25, -0.2) is 9.50 Å². The summed E-state index contributed by atoms with van der Waals surface area (Å²) in [5, 5.41) is 6.89. The molecule has 0 unspecified atom stereocenters. The number of aromatic nitrogens is 4. The van der Waals surface area contributed by atoms with Crippen LogP contribution in [0.5, 0.6) is 0 Å². The highest BCUT2D eigenvalue weighted by atomic mass is 19.4. The Morgan fingerprint density at radius 3 is 2.71 bits per heavy atom. The predicted octanol–water partition coefficient (Wildman–Crippen LogP) is 1.97. The first-order chi connectivity index (χ1) is 11.4. The van der Waals surface area contributed by atoms with E-state index in [0.717, 1.165) is 12.1 Å². The van der Waals surface area contributed by atoms with Crippen molar-refractivity contribution in [3.8, 4) is 0 Å². The van der Waals surface area contributed by atoms with Gasteiger partial charge in [-0.3, -0.25) is 0 Å². The van der Waals surface area contributed by atoms with Crippen molar-refractivity contribution >= 4 is 23.1 Å². The van der Waals surface area contributed by atoms with Gasteiger partial charge in [0, 0.05) is 12.1 Å². The first-order valence-corrected chi connectivity index (χ1v) is 7.03. The molecule has 0 aliphatic heterocycles. The van der Waals surface area contributed by atoms with E-state index in [2.05, 4.69) is 20.4 Å². The first kappa shape index (κ1) is 16.0. The van der Waals surface area contributed by atoms with Crippen molar-refractivity contribution in [2.24, 2.45) is 5.73 Å². The van der Waals surface area contributed by atoms with Crippen molar-refractivity contribution in [1.29, 1.82) is 0 Å². The molecule has 0 atom stereocenters. The van der Waals surface area contributed by atoms with Gasteiger partial charge in [0.1, 0.15) is 0 Å². The summed E-state index contributed by atoms with van der Waals surface area (Å²) in [4.78, 5) is 8.30. The largest absolute Gasteiger partial charge is 0.416 e. The zero-order chi connectivity index (χ0) is 17.3. The Kier molecular flexibility index (Phi) is 3.97. The number of alkyl halides is 3. The lowest BCUT2D eigenvalue weighted by Crippen LogP contribution is -2.08. The van der Waals surface area contributed by atoms with Gasteiger partial charge in [0.15, 0.2) is 11.5 Å². The normalized spacial score (nSPS) is 11.8. The van der Waals surface area contributed by atoms with Crippen molar-refractivity contribution in [2.75, 3.05) is 17.6 Å². The molecule has 1 aromatic carbocycles. The highest BCUT2D eigenvalue weighted by molar-refractivity contribution is 5.63. The van der Waals surface area contributed by atoms with Crippen molar-refractivity contribution in [1.82, 2.24) is 19.6 Å². The number of anilines is 3. The van der Waals surface area contributed by atoms with E-state index in [1.165, 1.54) is 16.6 Å². The highest BCUT2D eigenvalue weighted by Crippen LogP contribution is 2.31. The molecular formula is C14H14F3N7. The van der Waals surface area contributed by atoms with E-state index >= 15 is 0 Å². The lowest BCUT2D eigenvalue weighted by Gasteiger charge is -2.08. The number of nitrogens with zero attached hydrogens (tertiary/aromatic N) is 4. The van der Waals surface area contributed by atoms with E-state index in [9.17, 15) is 13.2 Å². The molecule has 24 heavy (non-hydrogen) atoms. The van der Waals surface area contributed by atoms with Crippen LogP contribution in [0.15, 0.2) is 30.5 Å². The Balaban J connectivity index is 1.92. The fourth-order valence-electron chi connectivity index (χ4n) is 2.19. The Morgan fingerprint density at radius 1 is 1.21 bits per heavy atom. The van der Waals surface area contributed by atoms with Gasteiger partial charge in [-0.2, -0.15) is 18.2 Å². The lowest BCUT2D eigenvalue weighted by atomic mass is 10.2. The van der Waals surface area contributed by atoms with Crippen LogP contribution in [-0.4, -0.2) is 26.1 Å². The molecule has 10 heteroatoms. The average Bonchev–Trinajstić information content (AvgIpc) is 2.90. The van der Waals surface area contributed by atoms with Gasteiger partial charge in [0.05, 0.1) is 17.5 Å². The molecule has 0 fully saturated rings. The maximum absolute atomic E-state index is 12.7. The zero-order valence-corrected chi connectivity index (χ0v) is 12.4. The van der Waals surface area contributed by atoms with Crippen LogP contribution in [0.1, 0.15) is 11.3 Å². The fourth-order valence-corrected chi connectivity index (χ4v) is 2.19. The molecule has 3 aromatic rings. The summed E-state index contributed by atoms with van der Waals surface area (Å²) in [6.07, 6.45) is -2.27. The summed E-state index contributed by atoms with van der Waals surface area (Å²) >= 11 is 0. The molecule has 2 heterocycles. The number of halogens is 3. The minimum Gasteiger partial charge on any atom is -0.381 e. The number of nitrogens with one attached hydrogen (secondary N) is 1. The summed E-state index contributed by atoms with van der Waals surface area (Å²) in [5.41, 5.74) is 11.7. The van der Waals surface area contributed by atoms with Crippen LogP contribution in [0.3, 0.4) is 0 Å². The molecule has 0 saturated heterocycles. The number of benzene rings is 1. The molecule has 5 N–H and O–H groups in total. The second-order valence-corrected chi connectivity index (χ2v) is 5.06. The van der Waals surface area contributed by atoms with E-state index in [-0.39, 0.29) is 17.5 Å². The number of hydrogen-bond acceptors (Lipinski definition) is 6. The minimum atomic E-state index is -4.42. The van der Waals surface area contributed by atoms with Gasteiger partial charge >= 0.3 is 6.18 Å². The van der Waals surface area contributed by atoms with Crippen LogP contribution in [-0.2, 0) is 12.6 Å². The number of hydrogen-bond donors (Lipinski definition) is 3. The molecular weight excluding hydrogens is 323 g/mol. The van der Waals surface area contributed by atoms with Crippen molar-refractivity contribution < 1.29 is 13.2 Å². The fraction of sp³-hybridized carbons (Fsp3) is 0.214. The van der Waals surface area contributed by atoms with E-state index in [1.807, 2.05) is 0 Å². The zero-order valence-electron chi connectivity index (χ0n) is 12.4. The Hall–Kier alpha value is -2.88. The van der Waals surface area contributed by atoms with Crippen LogP contribution in [0.2, 0.25) is 0 Å². The van der Waals surface area contributed by atoms with Crippen molar-refractivity contribution in [3.63, 3.8) is 0 Å². The van der Waals surface area contributed by atoms with Gasteiger partial charge in [-0.15, -0.1) is 5.10 Å². The Bertz CT molecular complexity index is 872. The smallest absolute Gasteiger partial charge is 0.381 e. The summed E-state index contributed by atoms with van der Waals surface area (Å²) in [5.74, 6) is 0.290. The average molecular weight is 337 g/mol. The second kappa shape index (κ2) is 5.96. The molecule has 0 bridgehead atoms. The Morgan fingerprint density at radius 2 is 2.00 bits per heavy atom. The number of nitrogens with two attached hydrogens (primary N) is 2. The molecule has 2 aromatic heterocycles. The lowest BCUT2D eigenvalue weighted by molar-refractivity contribution is -0.137. The van der Waals surface area contributed by atoms with Gasteiger partial charge in [-0.1, -0.05) is 6.07 Å². The second-order valence-electron chi connectivity index (χ2n) is 5.06. The van der Waals surface area contributed by atoms with Gasteiger partial charge in [-0.05, 0) is 24.7 Å². The van der Waals surface area contributed by atoms with Crippen LogP contribution in [0.25, 0.3) is 5.65 Å². The van der Waals surface area contributed by atoms with Crippen LogP contribution < -0.4 is 16.8 Å². The number of rotatable bonds is 4. The van der Waals surface area contributed by atoms with E-state index in [4.69, 9.17) is 11.5 Å². The molecule has 0 amide bonds. The summed E-state index contributed by atoms with van der Waals surface area (Å²) in [7, 11) is 0. The van der Waals surface area contributed by atoms with E-state index < -0.39 is 11.7 Å². The SMILES string of the molecule is NCCc1cn2nc(Nc3cccc(C(F)(F)F)c3)nc2c(N)n1. The molecule has 0 spiro atoms. The monoisotopic (exact) mass is 337 g/mol. The number of nitrogen functional groups attached to an aromatic ring is 1. The van der Waals surface area contributed by atoms with Gasteiger partial charge in [0.2, 0.25) is 5.95 Å². The highest BCUT2D eigenvalue weighted by Gasteiger charge is 2.30. The van der Waals surface area contributed by atoms with Gasteiger partial charge in [0.25, 0.3) is 0 Å². The van der Waals surface area contributed by atoms with Crippen LogP contribution in [0, 0.1) is 0 Å². The summed E-state index contributed by atoms with van der Waals surface area (Å²) < 4.78 is 39.7. The van der Waals surface area contributed by atoms with Crippen molar-refractivity contribution in [3.05, 3.63) is 41.7 Å². The third-order valence-corrected chi connectivity index (χ3v) is 3.24. The molecule has 0 aliphatic rings. The van der Waals surface area contributed by atoms with E-state index in [1.54, 1.807) is 6.20 Å². The molecule has 0 aliphatic carbocycles. The Labute approximate surface area is 134 Å². The molecule has 0 radical (unpaired) electrons. The third kappa shape index (κ3) is 3.23. The van der Waals surface area contributed by atoms with Crippen LogP contribution in [0.4, 0.5) is 30.6 Å². The summed E-state index contributed by atoms with van der Waals surface area (Å²) in [6.45, 7) is 0.405. The maximum Gasteiger partial charge on any atom is 0.416 e. The van der Waals surface area contributed by atoms with Crippen LogP contribution >= 0.6 is 0 Å². The van der Waals surface area contributed by atoms with Gasteiger partial charge < -0.3 is 16.8 Å². The molecule has 7 nitrogen and oxygen atoms in total. The number of fused-ring (bicyclic) bond motifs is 1. The van der Waals surface area contributed by atoms with E-state index in [0.29, 0.717) is 24.3 Å². The standard InChI is InChI=1S/C14H14F3N7/c15-14(16,17)8-2-1-3-9(6-8)21-13-22-12-11(19)20-10(4-5-18)7-24(12)23-13/h1-3,6-7H,4-5,18H2,(H2,19,20)(H,21,23). The molecule has 0 saturated carbocycles. The topological polar surface area (TPSA) is 107 Å². The maximum atomic E-state index is 12.7. The quantitative estimate of drug-likeness (QED) is 0.672. The summed E-state index contributed by atoms with van der Waals surface area (Å²) in [6, 6.07) is 4.76. The molecule has 3 rings (SSSR count). The first-order valence-electron chi connectivity index (χ1n) is 7.03. The third-order valence-electron chi connectivity index (χ3n) is 3.24. The molecule has 126 valence electrons.